The molecule has 0 aliphatic carbocycles. The standard InChI is InChI=1S/C44H68O22/c1-7-44(6,66-43-39(58)36(55)40(27(64-43)21-60-31(50)18-29(47)48)65-42-38(57)34(53)32(51)25(5)62-42)16-10-15-23(3)12-8-11-22(2)13-9-14-24(4)19-61-41-37(56)35(54)33(52)26(63-41)20-59-30(49)17-28(45)46/h7,11,14-15,25-27,32-43,51-58H,1,8-10,12-13,16-21H2,2-6H3,(H,45,46)(H,47,48)/b22-11+,23-15+,24-14+. The van der Waals surface area contributed by atoms with Crippen molar-refractivity contribution in [1.29, 1.82) is 0 Å². The minimum Gasteiger partial charge on any atom is -0.481 e. The van der Waals surface area contributed by atoms with Crippen LogP contribution >= 0.6 is 0 Å². The highest BCUT2D eigenvalue weighted by Crippen LogP contribution is 2.33. The van der Waals surface area contributed by atoms with Crippen LogP contribution in [0.3, 0.4) is 0 Å². The van der Waals surface area contributed by atoms with Gasteiger partial charge in [-0.2, -0.15) is 0 Å². The maximum atomic E-state index is 12.1. The zero-order valence-corrected chi connectivity index (χ0v) is 37.8. The molecule has 3 rings (SSSR count). The summed E-state index contributed by atoms with van der Waals surface area (Å²) in [5.41, 5.74) is 1.92. The molecular weight excluding hydrogens is 880 g/mol. The molecule has 0 saturated carbocycles. The number of carbonyl (C=O) groups is 4. The number of carbonyl (C=O) groups excluding carboxylic acids is 2. The highest BCUT2D eigenvalue weighted by Gasteiger charge is 2.52. The van der Waals surface area contributed by atoms with E-state index in [-0.39, 0.29) is 6.61 Å². The van der Waals surface area contributed by atoms with E-state index in [1.807, 2.05) is 32.9 Å². The van der Waals surface area contributed by atoms with Crippen LogP contribution in [0.25, 0.3) is 0 Å². The largest absolute Gasteiger partial charge is 0.481 e. The first kappa shape index (κ1) is 56.6. The van der Waals surface area contributed by atoms with E-state index < -0.39 is 148 Å². The van der Waals surface area contributed by atoms with Gasteiger partial charge in [0.2, 0.25) is 0 Å². The van der Waals surface area contributed by atoms with Gasteiger partial charge in [0.25, 0.3) is 0 Å². The van der Waals surface area contributed by atoms with Gasteiger partial charge in [-0.15, -0.1) is 6.58 Å². The number of carboxylic acid groups (broad SMARTS) is 2. The lowest BCUT2D eigenvalue weighted by atomic mass is 9.95. The van der Waals surface area contributed by atoms with E-state index in [9.17, 15) is 60.0 Å². The van der Waals surface area contributed by atoms with Gasteiger partial charge < -0.3 is 89.0 Å². The number of aliphatic carboxylic acids is 2. The van der Waals surface area contributed by atoms with Crippen molar-refractivity contribution in [1.82, 2.24) is 0 Å². The molecule has 0 aromatic carbocycles. The lowest BCUT2D eigenvalue weighted by molar-refractivity contribution is -0.363. The summed E-state index contributed by atoms with van der Waals surface area (Å²) in [6, 6.07) is 0. The number of rotatable bonds is 25. The molecule has 3 aliphatic heterocycles. The summed E-state index contributed by atoms with van der Waals surface area (Å²) in [4.78, 5) is 45.4. The third-order valence-corrected chi connectivity index (χ3v) is 11.3. The number of aliphatic hydroxyl groups is 8. The van der Waals surface area contributed by atoms with E-state index in [4.69, 9.17) is 48.1 Å². The Bertz CT molecular complexity index is 1700. The van der Waals surface area contributed by atoms with E-state index in [0.29, 0.717) is 19.3 Å². The van der Waals surface area contributed by atoms with Crippen LogP contribution < -0.4 is 0 Å². The molecule has 66 heavy (non-hydrogen) atoms. The van der Waals surface area contributed by atoms with Gasteiger partial charge in [-0.05, 0) is 73.1 Å². The van der Waals surface area contributed by atoms with Crippen LogP contribution in [-0.2, 0) is 57.1 Å². The molecule has 3 saturated heterocycles. The molecule has 16 atom stereocenters. The van der Waals surface area contributed by atoms with Crippen LogP contribution in [0.15, 0.2) is 47.6 Å². The Hall–Kier alpha value is -3.72. The van der Waals surface area contributed by atoms with E-state index in [1.54, 1.807) is 6.92 Å². The Balaban J connectivity index is 1.50. The molecule has 0 spiro atoms. The van der Waals surface area contributed by atoms with Crippen molar-refractivity contribution in [2.24, 2.45) is 0 Å². The fourth-order valence-corrected chi connectivity index (χ4v) is 7.13. The van der Waals surface area contributed by atoms with Gasteiger partial charge in [0.1, 0.15) is 93.2 Å². The molecule has 0 amide bonds. The SMILES string of the molecule is C=CC(C)(CC/C=C(\C)CC/C=C(\C)CC/C=C(\C)COC1OC(COC(=O)CC(=O)O)C(O)C(O)C1O)OC1OC(COC(=O)CC(=O)O)C(OC2OC(C)C(O)C(O)C2O)C(O)C1O. The second kappa shape index (κ2) is 26.7. The van der Waals surface area contributed by atoms with Crippen molar-refractivity contribution in [3.8, 4) is 0 Å². The van der Waals surface area contributed by atoms with Gasteiger partial charge in [0, 0.05) is 0 Å². The Labute approximate surface area is 382 Å². The van der Waals surface area contributed by atoms with Gasteiger partial charge in [-0.25, -0.2) is 0 Å². The minimum absolute atomic E-state index is 0.0269. The molecule has 3 fully saturated rings. The minimum atomic E-state index is -1.80. The van der Waals surface area contributed by atoms with Gasteiger partial charge in [-0.3, -0.25) is 19.2 Å². The quantitative estimate of drug-likeness (QED) is 0.0317. The molecule has 0 aromatic heterocycles. The molecule has 22 heteroatoms. The first-order chi connectivity index (χ1) is 31.0. The summed E-state index contributed by atoms with van der Waals surface area (Å²) in [5, 5.41) is 102. The van der Waals surface area contributed by atoms with Crippen molar-refractivity contribution in [2.75, 3.05) is 19.8 Å². The molecule has 3 aliphatic rings. The predicted octanol–water partition coefficient (Wildman–Crippen LogP) is -0.353. The summed E-state index contributed by atoms with van der Waals surface area (Å²) < 4.78 is 44.3. The molecule has 16 unspecified atom stereocenters. The maximum absolute atomic E-state index is 12.1. The lowest BCUT2D eigenvalue weighted by Crippen LogP contribution is -2.64. The number of hydrogen-bond acceptors (Lipinski definition) is 20. The second-order valence-corrected chi connectivity index (χ2v) is 17.0. The predicted molar refractivity (Wildman–Crippen MR) is 226 cm³/mol. The Morgan fingerprint density at radius 2 is 1.09 bits per heavy atom. The number of hydrogen-bond donors (Lipinski definition) is 10. The van der Waals surface area contributed by atoms with E-state index >= 15 is 0 Å². The highest BCUT2D eigenvalue weighted by molar-refractivity contribution is 5.90. The zero-order valence-electron chi connectivity index (χ0n) is 37.8. The van der Waals surface area contributed by atoms with Crippen molar-refractivity contribution < 1.29 is 108 Å². The lowest BCUT2D eigenvalue weighted by Gasteiger charge is -2.47. The molecular formula is C44H68O22. The highest BCUT2D eigenvalue weighted by atomic mass is 16.7. The maximum Gasteiger partial charge on any atom is 0.317 e. The molecule has 376 valence electrons. The van der Waals surface area contributed by atoms with Crippen LogP contribution in [0.2, 0.25) is 0 Å². The summed E-state index contributed by atoms with van der Waals surface area (Å²) in [7, 11) is 0. The molecule has 10 N–H and O–H groups in total. The first-order valence-corrected chi connectivity index (χ1v) is 21.7. The van der Waals surface area contributed by atoms with Crippen molar-refractivity contribution in [2.45, 2.75) is 184 Å². The number of esters is 2. The molecule has 0 radical (unpaired) electrons. The van der Waals surface area contributed by atoms with Gasteiger partial charge in [0.15, 0.2) is 18.9 Å². The zero-order chi connectivity index (χ0) is 49.5. The van der Waals surface area contributed by atoms with Crippen molar-refractivity contribution >= 4 is 23.9 Å². The average Bonchev–Trinajstić information content (AvgIpc) is 3.24. The Morgan fingerprint density at radius 3 is 1.65 bits per heavy atom. The second-order valence-electron chi connectivity index (χ2n) is 17.0. The third-order valence-electron chi connectivity index (χ3n) is 11.3. The summed E-state index contributed by atoms with van der Waals surface area (Å²) in [6.07, 6.45) is -13.5. The van der Waals surface area contributed by atoms with E-state index in [0.717, 1.165) is 36.0 Å². The molecule has 22 nitrogen and oxygen atoms in total. The molecule has 0 bridgehead atoms. The topological polar surface area (TPSA) is 344 Å². The Morgan fingerprint density at radius 1 is 0.606 bits per heavy atom. The number of carboxylic acids is 2. The first-order valence-electron chi connectivity index (χ1n) is 21.7. The Kier molecular flexibility index (Phi) is 22.9. The summed E-state index contributed by atoms with van der Waals surface area (Å²) in [5.74, 6) is -5.03. The van der Waals surface area contributed by atoms with Gasteiger partial charge >= 0.3 is 23.9 Å². The smallest absolute Gasteiger partial charge is 0.317 e. The van der Waals surface area contributed by atoms with Gasteiger partial charge in [-0.1, -0.05) is 41.0 Å². The number of allylic oxidation sites excluding steroid dienone is 5. The molecule has 0 aromatic rings. The summed E-state index contributed by atoms with van der Waals surface area (Å²) in [6.45, 7) is 11.6. The van der Waals surface area contributed by atoms with E-state index in [2.05, 4.69) is 12.7 Å². The van der Waals surface area contributed by atoms with Crippen LogP contribution in [0.1, 0.15) is 86.0 Å². The summed E-state index contributed by atoms with van der Waals surface area (Å²) >= 11 is 0. The van der Waals surface area contributed by atoms with Crippen LogP contribution in [0.4, 0.5) is 0 Å². The third kappa shape index (κ3) is 17.4. The van der Waals surface area contributed by atoms with Crippen molar-refractivity contribution in [3.63, 3.8) is 0 Å². The molecule has 3 heterocycles. The monoisotopic (exact) mass is 948 g/mol. The van der Waals surface area contributed by atoms with Crippen LogP contribution in [0.5, 0.6) is 0 Å². The normalized spacial score (nSPS) is 34.3. The fraction of sp³-hybridized carbons (Fsp3) is 0.727. The number of aliphatic hydroxyl groups excluding tert-OH is 8. The van der Waals surface area contributed by atoms with Crippen LogP contribution in [0, 0.1) is 0 Å². The average molecular weight is 949 g/mol. The van der Waals surface area contributed by atoms with Crippen LogP contribution in [-0.4, -0.2) is 192 Å². The van der Waals surface area contributed by atoms with Gasteiger partial charge in [0.05, 0.1) is 18.3 Å². The number of ether oxygens (including phenoxy) is 8. The van der Waals surface area contributed by atoms with E-state index in [1.165, 1.54) is 13.0 Å². The van der Waals surface area contributed by atoms with Crippen molar-refractivity contribution in [3.05, 3.63) is 47.6 Å². The fourth-order valence-electron chi connectivity index (χ4n) is 7.13.